The van der Waals surface area contributed by atoms with Gasteiger partial charge in [0.25, 0.3) is 5.91 Å². The van der Waals surface area contributed by atoms with Gasteiger partial charge in [-0.1, -0.05) is 6.07 Å². The van der Waals surface area contributed by atoms with Crippen molar-refractivity contribution >= 4 is 24.0 Å². The summed E-state index contributed by atoms with van der Waals surface area (Å²) in [6.45, 7) is 0.554. The van der Waals surface area contributed by atoms with Crippen molar-refractivity contribution in [2.24, 2.45) is 5.73 Å². The van der Waals surface area contributed by atoms with E-state index in [1.165, 1.54) is 0 Å². The van der Waals surface area contributed by atoms with E-state index in [1.807, 2.05) is 18.2 Å². The molecular weight excluding hydrogens is 204 g/mol. The summed E-state index contributed by atoms with van der Waals surface area (Å²) < 4.78 is 5.18. The second-order valence-electron chi connectivity index (χ2n) is 2.87. The first-order valence-corrected chi connectivity index (χ1v) is 4.05. The van der Waals surface area contributed by atoms with Gasteiger partial charge in [-0.25, -0.2) is 0 Å². The number of benzene rings is 1. The van der Waals surface area contributed by atoms with Crippen LogP contribution in [0.25, 0.3) is 0 Å². The Morgan fingerprint density at radius 3 is 3.00 bits per heavy atom. The molecule has 1 amide bonds. The molecule has 1 aliphatic rings. The molecule has 1 heterocycles. The van der Waals surface area contributed by atoms with Crippen molar-refractivity contribution in [2.45, 2.75) is 6.54 Å². The number of amides is 1. The number of anilines is 1. The quantitative estimate of drug-likeness (QED) is 0.730. The van der Waals surface area contributed by atoms with Crippen LogP contribution in [0.2, 0.25) is 0 Å². The Bertz CT molecular complexity index is 355. The third kappa shape index (κ3) is 1.97. The van der Waals surface area contributed by atoms with E-state index in [9.17, 15) is 4.79 Å². The Kier molecular flexibility index (Phi) is 3.33. The summed E-state index contributed by atoms with van der Waals surface area (Å²) in [5, 5.41) is 2.72. The highest BCUT2D eigenvalue weighted by molar-refractivity contribution is 5.95. The van der Waals surface area contributed by atoms with Crippen LogP contribution in [-0.4, -0.2) is 12.5 Å². The molecule has 14 heavy (non-hydrogen) atoms. The van der Waals surface area contributed by atoms with Crippen LogP contribution in [0.15, 0.2) is 18.2 Å². The minimum absolute atomic E-state index is 0. The highest BCUT2D eigenvalue weighted by Gasteiger charge is 2.15. The number of fused-ring (bicyclic) bond motifs is 1. The molecule has 1 aromatic rings. The lowest BCUT2D eigenvalue weighted by molar-refractivity contribution is -0.118. The lowest BCUT2D eigenvalue weighted by Crippen LogP contribution is -2.25. The maximum atomic E-state index is 11.0. The van der Waals surface area contributed by atoms with Crippen LogP contribution in [0, 0.1) is 0 Å². The molecule has 4 nitrogen and oxygen atoms in total. The van der Waals surface area contributed by atoms with Gasteiger partial charge in [-0.05, 0) is 17.7 Å². The van der Waals surface area contributed by atoms with Crippen LogP contribution in [0.4, 0.5) is 5.69 Å². The molecule has 0 spiro atoms. The van der Waals surface area contributed by atoms with E-state index in [-0.39, 0.29) is 24.9 Å². The molecule has 0 aromatic heterocycles. The predicted octanol–water partition coefficient (Wildman–Crippen LogP) is 0.898. The van der Waals surface area contributed by atoms with Gasteiger partial charge in [-0.2, -0.15) is 0 Å². The molecular formula is C9H11ClN2O2. The number of ether oxygens (including phenoxy) is 1. The van der Waals surface area contributed by atoms with Gasteiger partial charge in [0.2, 0.25) is 0 Å². The number of rotatable bonds is 1. The van der Waals surface area contributed by atoms with Crippen LogP contribution in [0.1, 0.15) is 5.56 Å². The van der Waals surface area contributed by atoms with Crippen LogP contribution in [0.5, 0.6) is 5.75 Å². The lowest BCUT2D eigenvalue weighted by Gasteiger charge is -2.18. The molecule has 0 bridgehead atoms. The lowest BCUT2D eigenvalue weighted by atomic mass is 10.1. The number of nitrogens with one attached hydrogen (secondary N) is 1. The fraction of sp³-hybridized carbons (Fsp3) is 0.222. The van der Waals surface area contributed by atoms with Crippen LogP contribution >= 0.6 is 12.4 Å². The summed E-state index contributed by atoms with van der Waals surface area (Å²) in [7, 11) is 0. The Labute approximate surface area is 87.8 Å². The standard InChI is InChI=1S/C9H10N2O2.ClH/c10-4-6-1-2-8-7(3-6)11-9(12)5-13-8;/h1-3H,4-5,10H2,(H,11,12);1H. The first-order chi connectivity index (χ1) is 6.29. The van der Waals surface area contributed by atoms with Crippen LogP contribution in [0.3, 0.4) is 0 Å². The predicted molar refractivity (Wildman–Crippen MR) is 55.7 cm³/mol. The van der Waals surface area contributed by atoms with Crippen LogP contribution < -0.4 is 15.8 Å². The Balaban J connectivity index is 0.000000980. The van der Waals surface area contributed by atoms with Gasteiger partial charge in [-0.15, -0.1) is 12.4 Å². The Morgan fingerprint density at radius 2 is 2.29 bits per heavy atom. The van der Waals surface area contributed by atoms with E-state index < -0.39 is 0 Å². The third-order valence-electron chi connectivity index (χ3n) is 1.91. The van der Waals surface area contributed by atoms with Gasteiger partial charge in [-0.3, -0.25) is 4.79 Å². The Hall–Kier alpha value is -1.26. The van der Waals surface area contributed by atoms with Gasteiger partial charge in [0.15, 0.2) is 6.61 Å². The highest BCUT2D eigenvalue weighted by atomic mass is 35.5. The maximum Gasteiger partial charge on any atom is 0.262 e. The zero-order valence-corrected chi connectivity index (χ0v) is 8.26. The number of nitrogens with two attached hydrogens (primary N) is 1. The van der Waals surface area contributed by atoms with Crippen LogP contribution in [-0.2, 0) is 11.3 Å². The molecule has 0 saturated heterocycles. The zero-order chi connectivity index (χ0) is 9.26. The molecule has 1 aromatic carbocycles. The second kappa shape index (κ2) is 4.30. The number of hydrogen-bond acceptors (Lipinski definition) is 3. The minimum atomic E-state index is -0.123. The van der Waals surface area contributed by atoms with Gasteiger partial charge >= 0.3 is 0 Å². The molecule has 0 radical (unpaired) electrons. The first-order valence-electron chi connectivity index (χ1n) is 4.05. The zero-order valence-electron chi connectivity index (χ0n) is 7.45. The SMILES string of the molecule is Cl.NCc1ccc2c(c1)NC(=O)CO2. The number of hydrogen-bond donors (Lipinski definition) is 2. The number of halogens is 1. The van der Waals surface area contributed by atoms with E-state index in [0.29, 0.717) is 18.0 Å². The molecule has 5 heteroatoms. The molecule has 0 atom stereocenters. The summed E-state index contributed by atoms with van der Waals surface area (Å²) in [6, 6.07) is 5.53. The van der Waals surface area contributed by atoms with Gasteiger partial charge in [0, 0.05) is 6.54 Å². The monoisotopic (exact) mass is 214 g/mol. The molecule has 2 rings (SSSR count). The van der Waals surface area contributed by atoms with E-state index >= 15 is 0 Å². The Morgan fingerprint density at radius 1 is 1.50 bits per heavy atom. The normalized spacial score (nSPS) is 13.4. The summed E-state index contributed by atoms with van der Waals surface area (Å²) in [5.41, 5.74) is 7.15. The average Bonchev–Trinajstić information content (AvgIpc) is 2.16. The van der Waals surface area contributed by atoms with Gasteiger partial charge in [0.1, 0.15) is 5.75 Å². The molecule has 3 N–H and O–H groups in total. The van der Waals surface area contributed by atoms with Gasteiger partial charge in [0.05, 0.1) is 5.69 Å². The van der Waals surface area contributed by atoms with Crippen molar-refractivity contribution in [1.82, 2.24) is 0 Å². The van der Waals surface area contributed by atoms with Crippen molar-refractivity contribution in [3.05, 3.63) is 23.8 Å². The topological polar surface area (TPSA) is 64.3 Å². The van der Waals surface area contributed by atoms with Crippen molar-refractivity contribution in [1.29, 1.82) is 0 Å². The first kappa shape index (κ1) is 10.8. The van der Waals surface area contributed by atoms with Crippen molar-refractivity contribution in [2.75, 3.05) is 11.9 Å². The molecule has 0 unspecified atom stereocenters. The highest BCUT2D eigenvalue weighted by Crippen LogP contribution is 2.28. The largest absolute Gasteiger partial charge is 0.482 e. The van der Waals surface area contributed by atoms with Crippen molar-refractivity contribution < 1.29 is 9.53 Å². The summed E-state index contributed by atoms with van der Waals surface area (Å²) >= 11 is 0. The van der Waals surface area contributed by atoms with Crippen molar-refractivity contribution in [3.8, 4) is 5.75 Å². The number of carbonyl (C=O) groups excluding carboxylic acids is 1. The van der Waals surface area contributed by atoms with E-state index in [0.717, 1.165) is 5.56 Å². The fourth-order valence-electron chi connectivity index (χ4n) is 1.26. The van der Waals surface area contributed by atoms with E-state index in [4.69, 9.17) is 10.5 Å². The smallest absolute Gasteiger partial charge is 0.262 e. The summed E-state index contributed by atoms with van der Waals surface area (Å²) in [6.07, 6.45) is 0. The molecule has 0 fully saturated rings. The summed E-state index contributed by atoms with van der Waals surface area (Å²) in [5.74, 6) is 0.582. The summed E-state index contributed by atoms with van der Waals surface area (Å²) in [4.78, 5) is 11.0. The molecule has 76 valence electrons. The molecule has 0 aliphatic carbocycles. The number of carbonyl (C=O) groups is 1. The molecule has 1 aliphatic heterocycles. The van der Waals surface area contributed by atoms with Gasteiger partial charge < -0.3 is 15.8 Å². The van der Waals surface area contributed by atoms with E-state index in [2.05, 4.69) is 5.32 Å². The third-order valence-corrected chi connectivity index (χ3v) is 1.91. The minimum Gasteiger partial charge on any atom is -0.482 e. The fourth-order valence-corrected chi connectivity index (χ4v) is 1.26. The molecule has 0 saturated carbocycles. The van der Waals surface area contributed by atoms with Crippen molar-refractivity contribution in [3.63, 3.8) is 0 Å². The van der Waals surface area contributed by atoms with E-state index in [1.54, 1.807) is 0 Å². The average molecular weight is 215 g/mol. The second-order valence-corrected chi connectivity index (χ2v) is 2.87. The maximum absolute atomic E-state index is 11.0.